The quantitative estimate of drug-likeness (QED) is 0.733. The van der Waals surface area contributed by atoms with Crippen LogP contribution in [0.2, 0.25) is 0 Å². The van der Waals surface area contributed by atoms with Crippen LogP contribution in [0.15, 0.2) is 24.3 Å². The summed E-state index contributed by atoms with van der Waals surface area (Å²) >= 11 is 0. The number of carbonyl (C=O) groups excluding carboxylic acids is 1. The van der Waals surface area contributed by atoms with Crippen molar-refractivity contribution in [2.24, 2.45) is 0 Å². The summed E-state index contributed by atoms with van der Waals surface area (Å²) in [5.74, 6) is 0. The van der Waals surface area contributed by atoms with Gasteiger partial charge in [0.2, 0.25) is 0 Å². The molecule has 1 aromatic rings. The maximum Gasteiger partial charge on any atom is 0.319 e. The van der Waals surface area contributed by atoms with Crippen molar-refractivity contribution in [3.05, 3.63) is 29.8 Å². The van der Waals surface area contributed by atoms with Crippen LogP contribution in [-0.2, 0) is 6.42 Å². The molecule has 0 fully saturated rings. The first-order valence-electron chi connectivity index (χ1n) is 5.94. The van der Waals surface area contributed by atoms with E-state index in [9.17, 15) is 4.79 Å². The number of hydrogen-bond donors (Lipinski definition) is 3. The van der Waals surface area contributed by atoms with Gasteiger partial charge in [0.1, 0.15) is 0 Å². The van der Waals surface area contributed by atoms with Gasteiger partial charge in [-0.2, -0.15) is 0 Å². The Bertz CT molecular complexity index is 364. The van der Waals surface area contributed by atoms with Crippen molar-refractivity contribution in [3.8, 4) is 0 Å². The zero-order chi connectivity index (χ0) is 12.7. The predicted octanol–water partition coefficient (Wildman–Crippen LogP) is 2.14. The van der Waals surface area contributed by atoms with E-state index in [1.54, 1.807) is 6.92 Å². The molecule has 0 aliphatic heterocycles. The number of amides is 2. The van der Waals surface area contributed by atoms with E-state index in [0.29, 0.717) is 13.0 Å². The van der Waals surface area contributed by atoms with Crippen LogP contribution < -0.4 is 10.6 Å². The number of aryl methyl sites for hydroxylation is 1. The van der Waals surface area contributed by atoms with Crippen LogP contribution in [0, 0.1) is 0 Å². The molecular formula is C13H20N2O2. The highest BCUT2D eigenvalue weighted by Gasteiger charge is 2.04. The molecule has 4 heteroatoms. The number of anilines is 1. The third kappa shape index (κ3) is 4.87. The third-order valence-corrected chi connectivity index (χ3v) is 2.49. The van der Waals surface area contributed by atoms with Crippen molar-refractivity contribution in [2.75, 3.05) is 11.9 Å². The predicted molar refractivity (Wildman–Crippen MR) is 69.1 cm³/mol. The molecule has 1 unspecified atom stereocenters. The summed E-state index contributed by atoms with van der Waals surface area (Å²) in [6, 6.07) is 7.49. The van der Waals surface area contributed by atoms with Gasteiger partial charge in [-0.3, -0.25) is 0 Å². The number of aliphatic hydroxyl groups is 1. The number of hydrogen-bond acceptors (Lipinski definition) is 2. The molecule has 1 atom stereocenters. The Balaban J connectivity index is 2.45. The number of aliphatic hydroxyl groups excluding tert-OH is 1. The van der Waals surface area contributed by atoms with E-state index in [-0.39, 0.29) is 6.03 Å². The summed E-state index contributed by atoms with van der Waals surface area (Å²) in [5.41, 5.74) is 1.95. The maximum atomic E-state index is 11.6. The van der Waals surface area contributed by atoms with Gasteiger partial charge in [0.05, 0.1) is 6.10 Å². The smallest absolute Gasteiger partial charge is 0.319 e. The molecule has 3 N–H and O–H groups in total. The van der Waals surface area contributed by atoms with Crippen LogP contribution in [0.4, 0.5) is 10.5 Å². The number of benzene rings is 1. The number of urea groups is 1. The molecular weight excluding hydrogens is 216 g/mol. The first-order chi connectivity index (χ1) is 8.13. The summed E-state index contributed by atoms with van der Waals surface area (Å²) in [4.78, 5) is 11.6. The second-order valence-corrected chi connectivity index (χ2v) is 4.03. The molecule has 1 rings (SSSR count). The van der Waals surface area contributed by atoms with Crippen molar-refractivity contribution in [2.45, 2.75) is 32.8 Å². The number of rotatable bonds is 5. The number of para-hydroxylation sites is 1. The molecule has 0 radical (unpaired) electrons. The Morgan fingerprint density at radius 3 is 2.76 bits per heavy atom. The van der Waals surface area contributed by atoms with E-state index in [0.717, 1.165) is 17.7 Å². The Morgan fingerprint density at radius 1 is 1.41 bits per heavy atom. The Morgan fingerprint density at radius 2 is 2.12 bits per heavy atom. The van der Waals surface area contributed by atoms with Gasteiger partial charge in [-0.05, 0) is 31.4 Å². The summed E-state index contributed by atoms with van der Waals surface area (Å²) in [6.45, 7) is 4.22. The highest BCUT2D eigenvalue weighted by atomic mass is 16.3. The van der Waals surface area contributed by atoms with Crippen LogP contribution in [-0.4, -0.2) is 23.8 Å². The van der Waals surface area contributed by atoms with Gasteiger partial charge in [0.25, 0.3) is 0 Å². The van der Waals surface area contributed by atoms with Crippen molar-refractivity contribution >= 4 is 11.7 Å². The molecule has 0 saturated carbocycles. The Kier molecular flexibility index (Phi) is 5.49. The minimum absolute atomic E-state index is 0.230. The maximum absolute atomic E-state index is 11.6. The average molecular weight is 236 g/mol. The van der Waals surface area contributed by atoms with Crippen LogP contribution in [0.3, 0.4) is 0 Å². The van der Waals surface area contributed by atoms with Crippen molar-refractivity contribution in [1.82, 2.24) is 5.32 Å². The minimum Gasteiger partial charge on any atom is -0.393 e. The van der Waals surface area contributed by atoms with Crippen molar-refractivity contribution in [3.63, 3.8) is 0 Å². The third-order valence-electron chi connectivity index (χ3n) is 2.49. The Hall–Kier alpha value is -1.55. The topological polar surface area (TPSA) is 61.4 Å². The van der Waals surface area contributed by atoms with E-state index >= 15 is 0 Å². The van der Waals surface area contributed by atoms with Gasteiger partial charge in [-0.25, -0.2) is 4.79 Å². The summed E-state index contributed by atoms with van der Waals surface area (Å²) < 4.78 is 0. The Labute approximate surface area is 102 Å². The molecule has 4 nitrogen and oxygen atoms in total. The van der Waals surface area contributed by atoms with Crippen LogP contribution >= 0.6 is 0 Å². The van der Waals surface area contributed by atoms with E-state index in [2.05, 4.69) is 10.6 Å². The van der Waals surface area contributed by atoms with Crippen LogP contribution in [0.25, 0.3) is 0 Å². The lowest BCUT2D eigenvalue weighted by atomic mass is 10.1. The first kappa shape index (κ1) is 13.5. The summed E-state index contributed by atoms with van der Waals surface area (Å²) in [7, 11) is 0. The lowest BCUT2D eigenvalue weighted by Crippen LogP contribution is -2.31. The zero-order valence-corrected chi connectivity index (χ0v) is 10.4. The van der Waals surface area contributed by atoms with E-state index < -0.39 is 6.10 Å². The highest BCUT2D eigenvalue weighted by Crippen LogP contribution is 2.14. The molecule has 0 bridgehead atoms. The highest BCUT2D eigenvalue weighted by molar-refractivity contribution is 5.90. The molecule has 0 aliphatic rings. The molecule has 0 saturated heterocycles. The average Bonchev–Trinajstić information content (AvgIpc) is 2.29. The molecule has 2 amide bonds. The second kappa shape index (κ2) is 6.91. The lowest BCUT2D eigenvalue weighted by Gasteiger charge is -2.11. The van der Waals surface area contributed by atoms with E-state index in [4.69, 9.17) is 5.11 Å². The normalized spacial score (nSPS) is 11.9. The van der Waals surface area contributed by atoms with Gasteiger partial charge in [-0.1, -0.05) is 25.1 Å². The molecule has 94 valence electrons. The van der Waals surface area contributed by atoms with Gasteiger partial charge < -0.3 is 15.7 Å². The monoisotopic (exact) mass is 236 g/mol. The van der Waals surface area contributed by atoms with Gasteiger partial charge in [-0.15, -0.1) is 0 Å². The molecule has 0 aromatic heterocycles. The van der Waals surface area contributed by atoms with E-state index in [1.807, 2.05) is 31.2 Å². The number of carbonyl (C=O) groups is 1. The van der Waals surface area contributed by atoms with Gasteiger partial charge in [0.15, 0.2) is 0 Å². The van der Waals surface area contributed by atoms with Gasteiger partial charge in [0, 0.05) is 12.2 Å². The van der Waals surface area contributed by atoms with Crippen molar-refractivity contribution < 1.29 is 9.90 Å². The lowest BCUT2D eigenvalue weighted by molar-refractivity contribution is 0.184. The fourth-order valence-corrected chi connectivity index (χ4v) is 1.51. The second-order valence-electron chi connectivity index (χ2n) is 4.03. The summed E-state index contributed by atoms with van der Waals surface area (Å²) in [5, 5.41) is 14.6. The zero-order valence-electron chi connectivity index (χ0n) is 10.4. The first-order valence-corrected chi connectivity index (χ1v) is 5.94. The molecule has 17 heavy (non-hydrogen) atoms. The fraction of sp³-hybridized carbons (Fsp3) is 0.462. The number of nitrogens with one attached hydrogen (secondary N) is 2. The van der Waals surface area contributed by atoms with Crippen LogP contribution in [0.1, 0.15) is 25.8 Å². The SMILES string of the molecule is CCc1ccccc1NC(=O)NCCC(C)O. The standard InChI is InChI=1S/C13H20N2O2/c1-3-11-6-4-5-7-12(11)15-13(17)14-9-8-10(2)16/h4-7,10,16H,3,8-9H2,1-2H3,(H2,14,15,17). The van der Waals surface area contributed by atoms with Crippen molar-refractivity contribution in [1.29, 1.82) is 0 Å². The molecule has 1 aromatic carbocycles. The largest absolute Gasteiger partial charge is 0.393 e. The molecule has 0 heterocycles. The fourth-order valence-electron chi connectivity index (χ4n) is 1.51. The van der Waals surface area contributed by atoms with Crippen LogP contribution in [0.5, 0.6) is 0 Å². The van der Waals surface area contributed by atoms with E-state index in [1.165, 1.54) is 0 Å². The summed E-state index contributed by atoms with van der Waals surface area (Å²) in [6.07, 6.45) is 1.05. The molecule has 0 spiro atoms. The minimum atomic E-state index is -0.391. The molecule has 0 aliphatic carbocycles. The van der Waals surface area contributed by atoms with Gasteiger partial charge >= 0.3 is 6.03 Å².